The van der Waals surface area contributed by atoms with Crippen molar-refractivity contribution in [1.82, 2.24) is 13.6 Å². The molecule has 3 rings (SSSR count). The van der Waals surface area contributed by atoms with Crippen LogP contribution in [0.1, 0.15) is 18.5 Å². The third-order valence-electron chi connectivity index (χ3n) is 3.47. The molecule has 0 N–H and O–H groups in total. The molecule has 1 saturated heterocycles. The van der Waals surface area contributed by atoms with E-state index < -0.39 is 0 Å². The Bertz CT molecular complexity index is 459. The molecule has 2 unspecified atom stereocenters. The van der Waals surface area contributed by atoms with Crippen molar-refractivity contribution in [3.8, 4) is 5.88 Å². The molecule has 3 heterocycles. The van der Waals surface area contributed by atoms with Gasteiger partial charge < -0.3 is 4.74 Å². The second-order valence-corrected chi connectivity index (χ2v) is 5.46. The standard InChI is InChI=1S/C11H14ClN3OS/c1-16-11-10(13-17-14-11)8-6-15-4-2-3-7(5-15)9(8)12/h7H,2-6H2,1H3. The maximum Gasteiger partial charge on any atom is 0.253 e. The Kier molecular flexibility index (Phi) is 3.06. The fourth-order valence-electron chi connectivity index (χ4n) is 2.64. The van der Waals surface area contributed by atoms with E-state index in [2.05, 4.69) is 13.6 Å². The number of aromatic nitrogens is 2. The van der Waals surface area contributed by atoms with E-state index in [1.165, 1.54) is 24.6 Å². The maximum absolute atomic E-state index is 6.50. The molecule has 0 spiro atoms. The highest BCUT2D eigenvalue weighted by Gasteiger charge is 2.32. The molecule has 2 aliphatic rings. The minimum atomic E-state index is 0.473. The van der Waals surface area contributed by atoms with Crippen LogP contribution in [0.25, 0.3) is 5.57 Å². The smallest absolute Gasteiger partial charge is 0.253 e. The summed E-state index contributed by atoms with van der Waals surface area (Å²) in [6.07, 6.45) is 2.42. The Morgan fingerprint density at radius 3 is 3.18 bits per heavy atom. The van der Waals surface area contributed by atoms with Gasteiger partial charge in [0.15, 0.2) is 0 Å². The first kappa shape index (κ1) is 11.4. The van der Waals surface area contributed by atoms with Gasteiger partial charge in [0.05, 0.1) is 18.8 Å². The zero-order valence-electron chi connectivity index (χ0n) is 9.65. The number of halogens is 1. The molecule has 0 aromatic carbocycles. The van der Waals surface area contributed by atoms with Gasteiger partial charge in [-0.2, -0.15) is 4.37 Å². The summed E-state index contributed by atoms with van der Waals surface area (Å²) < 4.78 is 13.7. The van der Waals surface area contributed by atoms with E-state index in [1.54, 1.807) is 7.11 Å². The molecule has 4 nitrogen and oxygen atoms in total. The van der Waals surface area contributed by atoms with Crippen LogP contribution in [0.4, 0.5) is 0 Å². The van der Waals surface area contributed by atoms with Gasteiger partial charge in [0.2, 0.25) is 0 Å². The second kappa shape index (κ2) is 4.55. The van der Waals surface area contributed by atoms with Gasteiger partial charge in [-0.3, -0.25) is 4.90 Å². The van der Waals surface area contributed by atoms with Crippen LogP contribution >= 0.6 is 23.3 Å². The van der Waals surface area contributed by atoms with Crippen LogP contribution in [0.15, 0.2) is 5.03 Å². The molecule has 17 heavy (non-hydrogen) atoms. The van der Waals surface area contributed by atoms with Gasteiger partial charge in [0.1, 0.15) is 5.69 Å². The summed E-state index contributed by atoms with van der Waals surface area (Å²) in [6.45, 7) is 3.11. The van der Waals surface area contributed by atoms with E-state index in [1.807, 2.05) is 0 Å². The van der Waals surface area contributed by atoms with Crippen LogP contribution in [0.3, 0.4) is 0 Å². The van der Waals surface area contributed by atoms with Gasteiger partial charge in [-0.15, -0.1) is 4.37 Å². The van der Waals surface area contributed by atoms with Gasteiger partial charge >= 0.3 is 0 Å². The van der Waals surface area contributed by atoms with Crippen LogP contribution in [0.2, 0.25) is 0 Å². The predicted octanol–water partition coefficient (Wildman–Crippen LogP) is 2.22. The lowest BCUT2D eigenvalue weighted by Crippen LogP contribution is -2.40. The first-order chi connectivity index (χ1) is 8.29. The minimum Gasteiger partial charge on any atom is -0.479 e. The molecule has 0 aliphatic carbocycles. The number of nitrogens with zero attached hydrogens (tertiary/aromatic N) is 3. The summed E-state index contributed by atoms with van der Waals surface area (Å²) in [5.74, 6) is 1.07. The van der Waals surface area contributed by atoms with Crippen LogP contribution < -0.4 is 4.74 Å². The Balaban J connectivity index is 2.01. The molecule has 0 radical (unpaired) electrons. The third-order valence-corrected chi connectivity index (χ3v) is 4.52. The van der Waals surface area contributed by atoms with E-state index in [0.717, 1.165) is 35.9 Å². The number of hydrogen-bond donors (Lipinski definition) is 0. The summed E-state index contributed by atoms with van der Waals surface area (Å²) in [7, 11) is 1.62. The van der Waals surface area contributed by atoms with Crippen molar-refractivity contribution in [2.75, 3.05) is 26.7 Å². The molecular formula is C11H14ClN3OS. The highest BCUT2D eigenvalue weighted by molar-refractivity contribution is 6.99. The van der Waals surface area contributed by atoms with E-state index in [4.69, 9.17) is 16.3 Å². The number of methoxy groups -OCH3 is 1. The van der Waals surface area contributed by atoms with Crippen LogP contribution in [-0.4, -0.2) is 40.4 Å². The summed E-state index contributed by atoms with van der Waals surface area (Å²) in [5.41, 5.74) is 1.94. The quantitative estimate of drug-likeness (QED) is 0.827. The molecule has 0 amide bonds. The van der Waals surface area contributed by atoms with E-state index >= 15 is 0 Å². The fourth-order valence-corrected chi connectivity index (χ4v) is 3.51. The summed E-state index contributed by atoms with van der Waals surface area (Å²) in [5, 5.41) is 0.965. The van der Waals surface area contributed by atoms with Gasteiger partial charge in [-0.25, -0.2) is 0 Å². The molecule has 2 bridgehead atoms. The topological polar surface area (TPSA) is 38.3 Å². The SMILES string of the molecule is COc1nsnc1C1=C(Cl)C2CCCN(C1)C2. The molecule has 92 valence electrons. The van der Waals surface area contributed by atoms with Gasteiger partial charge in [0, 0.05) is 29.6 Å². The lowest BCUT2D eigenvalue weighted by Gasteiger charge is -2.38. The lowest BCUT2D eigenvalue weighted by molar-refractivity contribution is 0.204. The van der Waals surface area contributed by atoms with Crippen molar-refractivity contribution >= 4 is 28.9 Å². The highest BCUT2D eigenvalue weighted by Crippen LogP contribution is 2.39. The number of ether oxygens (including phenoxy) is 1. The van der Waals surface area contributed by atoms with Crippen molar-refractivity contribution in [3.63, 3.8) is 0 Å². The molecular weight excluding hydrogens is 258 g/mol. The fraction of sp³-hybridized carbons (Fsp3) is 0.636. The van der Waals surface area contributed by atoms with Gasteiger partial charge in [0.25, 0.3) is 5.88 Å². The van der Waals surface area contributed by atoms with E-state index in [-0.39, 0.29) is 0 Å². The Labute approximate surface area is 110 Å². The van der Waals surface area contributed by atoms with Crippen molar-refractivity contribution < 1.29 is 4.74 Å². The Morgan fingerprint density at radius 2 is 2.35 bits per heavy atom. The number of hydrogen-bond acceptors (Lipinski definition) is 5. The average Bonchev–Trinajstić information content (AvgIpc) is 2.82. The number of fused-ring (bicyclic) bond motifs is 2. The van der Waals surface area contributed by atoms with Crippen molar-refractivity contribution in [2.24, 2.45) is 5.92 Å². The van der Waals surface area contributed by atoms with Crippen molar-refractivity contribution in [1.29, 1.82) is 0 Å². The molecule has 1 fully saturated rings. The molecule has 1 aromatic heterocycles. The zero-order valence-corrected chi connectivity index (χ0v) is 11.2. The van der Waals surface area contributed by atoms with Crippen LogP contribution in [-0.2, 0) is 0 Å². The van der Waals surface area contributed by atoms with Gasteiger partial charge in [-0.05, 0) is 19.4 Å². The normalized spacial score (nSPS) is 28.4. The van der Waals surface area contributed by atoms with E-state index in [9.17, 15) is 0 Å². The van der Waals surface area contributed by atoms with E-state index in [0.29, 0.717) is 11.8 Å². The second-order valence-electron chi connectivity index (χ2n) is 4.52. The first-order valence-corrected chi connectivity index (χ1v) is 6.88. The molecule has 0 saturated carbocycles. The molecule has 2 atom stereocenters. The molecule has 2 aliphatic heterocycles. The summed E-state index contributed by atoms with van der Waals surface area (Å²) in [4.78, 5) is 2.44. The lowest BCUT2D eigenvalue weighted by atomic mass is 9.90. The first-order valence-electron chi connectivity index (χ1n) is 5.77. The minimum absolute atomic E-state index is 0.473. The molecule has 6 heteroatoms. The maximum atomic E-state index is 6.50. The molecule has 1 aromatic rings. The summed E-state index contributed by atoms with van der Waals surface area (Å²) >= 11 is 7.68. The van der Waals surface area contributed by atoms with Gasteiger partial charge in [-0.1, -0.05) is 11.6 Å². The predicted molar refractivity (Wildman–Crippen MR) is 68.4 cm³/mol. The number of rotatable bonds is 2. The average molecular weight is 272 g/mol. The zero-order chi connectivity index (χ0) is 11.8. The Morgan fingerprint density at radius 1 is 1.47 bits per heavy atom. The monoisotopic (exact) mass is 271 g/mol. The largest absolute Gasteiger partial charge is 0.479 e. The van der Waals surface area contributed by atoms with Crippen molar-refractivity contribution in [3.05, 3.63) is 10.7 Å². The van der Waals surface area contributed by atoms with Crippen molar-refractivity contribution in [2.45, 2.75) is 12.8 Å². The van der Waals surface area contributed by atoms with Crippen LogP contribution in [0, 0.1) is 5.92 Å². The highest BCUT2D eigenvalue weighted by atomic mass is 35.5. The summed E-state index contributed by atoms with van der Waals surface area (Å²) in [6, 6.07) is 0. The Hall–Kier alpha value is -0.650. The van der Waals surface area contributed by atoms with Crippen LogP contribution in [0.5, 0.6) is 5.88 Å². The third kappa shape index (κ3) is 1.96. The number of piperidine rings is 1.